The summed E-state index contributed by atoms with van der Waals surface area (Å²) >= 11 is 5.29. The number of hydrogen-bond acceptors (Lipinski definition) is 7. The van der Waals surface area contributed by atoms with Crippen LogP contribution in [0, 0.1) is 12.3 Å². The highest BCUT2D eigenvalue weighted by molar-refractivity contribution is 9.10. The minimum Gasteiger partial charge on any atom is -0.493 e. The molecule has 0 saturated carbocycles. The van der Waals surface area contributed by atoms with Crippen LogP contribution in [0.15, 0.2) is 57.3 Å². The SMILES string of the molecule is CCSc1nc2n(n1)C(c1cc(Br)c(OCc3ccc(C)cc3)c(OC)c1)C1=C(CC(C)(C)CC1=O)N2. The second-order valence-corrected chi connectivity index (χ2v) is 12.4. The Morgan fingerprint density at radius 3 is 2.68 bits per heavy atom. The average molecular weight is 584 g/mol. The third kappa shape index (κ3) is 5.16. The molecule has 0 spiro atoms. The molecule has 1 N–H and O–H groups in total. The number of ketones is 1. The lowest BCUT2D eigenvalue weighted by Crippen LogP contribution is -2.36. The number of carbonyl (C=O) groups is 1. The molecule has 5 rings (SSSR count). The highest BCUT2D eigenvalue weighted by atomic mass is 79.9. The Morgan fingerprint density at radius 2 is 1.97 bits per heavy atom. The molecule has 1 aliphatic carbocycles. The summed E-state index contributed by atoms with van der Waals surface area (Å²) in [5.74, 6) is 2.85. The molecule has 0 fully saturated rings. The Labute approximate surface area is 230 Å². The first-order valence-electron chi connectivity index (χ1n) is 12.4. The van der Waals surface area contributed by atoms with E-state index < -0.39 is 6.04 Å². The first kappa shape index (κ1) is 25.9. The van der Waals surface area contributed by atoms with Crippen molar-refractivity contribution in [2.75, 3.05) is 18.2 Å². The van der Waals surface area contributed by atoms with Gasteiger partial charge in [-0.2, -0.15) is 4.98 Å². The van der Waals surface area contributed by atoms with E-state index in [1.54, 1.807) is 18.9 Å². The van der Waals surface area contributed by atoms with E-state index in [2.05, 4.69) is 73.2 Å². The van der Waals surface area contributed by atoms with E-state index >= 15 is 0 Å². The molecule has 0 bridgehead atoms. The van der Waals surface area contributed by atoms with Gasteiger partial charge in [0, 0.05) is 17.7 Å². The van der Waals surface area contributed by atoms with Crippen LogP contribution in [-0.2, 0) is 11.4 Å². The molecule has 2 aromatic carbocycles. The molecule has 2 aliphatic rings. The van der Waals surface area contributed by atoms with E-state index in [0.717, 1.165) is 39.0 Å². The molecule has 0 saturated heterocycles. The van der Waals surface area contributed by atoms with Crippen molar-refractivity contribution in [3.8, 4) is 11.5 Å². The first-order chi connectivity index (χ1) is 17.7. The van der Waals surface area contributed by atoms with E-state index in [4.69, 9.17) is 19.6 Å². The lowest BCUT2D eigenvalue weighted by atomic mass is 9.73. The predicted molar refractivity (Wildman–Crippen MR) is 149 cm³/mol. The highest BCUT2D eigenvalue weighted by Gasteiger charge is 2.42. The van der Waals surface area contributed by atoms with Gasteiger partial charge in [0.1, 0.15) is 12.6 Å². The maximum absolute atomic E-state index is 13.5. The van der Waals surface area contributed by atoms with Crippen LogP contribution in [0.2, 0.25) is 0 Å². The second-order valence-electron chi connectivity index (χ2n) is 10.3. The van der Waals surface area contributed by atoms with Gasteiger partial charge in [-0.15, -0.1) is 5.10 Å². The average Bonchev–Trinajstić information content (AvgIpc) is 3.24. The third-order valence-electron chi connectivity index (χ3n) is 6.66. The number of aryl methyl sites for hydroxylation is 1. The fraction of sp³-hybridized carbons (Fsp3) is 0.393. The fourth-order valence-electron chi connectivity index (χ4n) is 4.97. The van der Waals surface area contributed by atoms with Gasteiger partial charge >= 0.3 is 0 Å². The number of allylic oxidation sites excluding steroid dienone is 2. The van der Waals surface area contributed by atoms with Crippen molar-refractivity contribution in [2.24, 2.45) is 5.41 Å². The molecule has 194 valence electrons. The zero-order chi connectivity index (χ0) is 26.3. The van der Waals surface area contributed by atoms with Crippen LogP contribution in [0.3, 0.4) is 0 Å². The monoisotopic (exact) mass is 582 g/mol. The number of nitrogens with zero attached hydrogens (tertiary/aromatic N) is 3. The summed E-state index contributed by atoms with van der Waals surface area (Å²) in [5.41, 5.74) is 4.70. The number of Topliss-reactive ketones (excluding diaryl/α,β-unsaturated/α-hetero) is 1. The number of hydrogen-bond donors (Lipinski definition) is 1. The molecule has 3 aromatic rings. The maximum atomic E-state index is 13.5. The lowest BCUT2D eigenvalue weighted by molar-refractivity contribution is -0.118. The van der Waals surface area contributed by atoms with Gasteiger partial charge in [-0.25, -0.2) is 4.68 Å². The number of benzene rings is 2. The molecule has 0 radical (unpaired) electrons. The molecule has 37 heavy (non-hydrogen) atoms. The smallest absolute Gasteiger partial charge is 0.227 e. The predicted octanol–water partition coefficient (Wildman–Crippen LogP) is 6.71. The fourth-order valence-corrected chi connectivity index (χ4v) is 6.09. The molecule has 0 amide bonds. The Bertz CT molecular complexity index is 1380. The number of anilines is 1. The summed E-state index contributed by atoms with van der Waals surface area (Å²) in [6.45, 7) is 8.80. The van der Waals surface area contributed by atoms with Crippen molar-refractivity contribution in [1.29, 1.82) is 0 Å². The number of nitrogens with one attached hydrogen (secondary N) is 1. The van der Waals surface area contributed by atoms with E-state index in [-0.39, 0.29) is 11.2 Å². The van der Waals surface area contributed by atoms with Crippen molar-refractivity contribution >= 4 is 39.4 Å². The molecule has 9 heteroatoms. The topological polar surface area (TPSA) is 78.3 Å². The van der Waals surface area contributed by atoms with E-state index in [0.29, 0.717) is 35.6 Å². The third-order valence-corrected chi connectivity index (χ3v) is 7.97. The summed E-state index contributed by atoms with van der Waals surface area (Å²) in [6, 6.07) is 11.8. The minimum absolute atomic E-state index is 0.122. The van der Waals surface area contributed by atoms with Crippen molar-refractivity contribution in [1.82, 2.24) is 14.8 Å². The first-order valence-corrected chi connectivity index (χ1v) is 14.2. The summed E-state index contributed by atoms with van der Waals surface area (Å²) in [4.78, 5) is 18.2. The van der Waals surface area contributed by atoms with E-state index in [1.165, 1.54) is 5.56 Å². The van der Waals surface area contributed by atoms with Gasteiger partial charge in [0.2, 0.25) is 11.1 Å². The molecule has 1 aromatic heterocycles. The van der Waals surface area contributed by atoms with Crippen molar-refractivity contribution in [2.45, 2.75) is 58.3 Å². The Hall–Kier alpha value is -2.78. The van der Waals surface area contributed by atoms with Gasteiger partial charge in [0.25, 0.3) is 0 Å². The molecule has 7 nitrogen and oxygen atoms in total. The van der Waals surface area contributed by atoms with Crippen LogP contribution in [0.1, 0.15) is 56.3 Å². The van der Waals surface area contributed by atoms with Gasteiger partial charge in [0.05, 0.1) is 11.6 Å². The molecule has 1 aliphatic heterocycles. The highest BCUT2D eigenvalue weighted by Crippen LogP contribution is 2.48. The van der Waals surface area contributed by atoms with E-state index in [9.17, 15) is 4.79 Å². The normalized spacial score (nSPS) is 18.2. The Balaban J connectivity index is 1.56. The van der Waals surface area contributed by atoms with Gasteiger partial charge in [0.15, 0.2) is 17.3 Å². The summed E-state index contributed by atoms with van der Waals surface area (Å²) in [6.07, 6.45) is 1.25. The van der Waals surface area contributed by atoms with Crippen molar-refractivity contribution in [3.63, 3.8) is 0 Å². The van der Waals surface area contributed by atoms with Crippen molar-refractivity contribution < 1.29 is 14.3 Å². The minimum atomic E-state index is -0.412. The number of carbonyl (C=O) groups excluding carboxylic acids is 1. The Morgan fingerprint density at radius 1 is 1.22 bits per heavy atom. The van der Waals surface area contributed by atoms with Crippen LogP contribution >= 0.6 is 27.7 Å². The molecule has 2 heterocycles. The van der Waals surface area contributed by atoms with Crippen LogP contribution in [0.5, 0.6) is 11.5 Å². The molecular weight excluding hydrogens is 552 g/mol. The van der Waals surface area contributed by atoms with Gasteiger partial charge in [-0.1, -0.05) is 62.4 Å². The second kappa shape index (κ2) is 10.2. The van der Waals surface area contributed by atoms with Crippen molar-refractivity contribution in [3.05, 3.63) is 68.8 Å². The quantitative estimate of drug-likeness (QED) is 0.310. The summed E-state index contributed by atoms with van der Waals surface area (Å²) in [5, 5.41) is 8.90. The lowest BCUT2D eigenvalue weighted by Gasteiger charge is -2.38. The number of aromatic nitrogens is 3. The largest absolute Gasteiger partial charge is 0.493 e. The number of thioether (sulfide) groups is 1. The van der Waals surface area contributed by atoms with Gasteiger partial charge in [-0.05, 0) is 63.7 Å². The Kier molecular flexibility index (Phi) is 7.11. The van der Waals surface area contributed by atoms with Crippen LogP contribution in [0.25, 0.3) is 0 Å². The van der Waals surface area contributed by atoms with Crippen LogP contribution < -0.4 is 14.8 Å². The number of halogens is 1. The zero-order valence-corrected chi connectivity index (χ0v) is 24.1. The zero-order valence-electron chi connectivity index (χ0n) is 21.7. The number of fused-ring (bicyclic) bond motifs is 1. The van der Waals surface area contributed by atoms with Crippen LogP contribution in [0.4, 0.5) is 5.95 Å². The van der Waals surface area contributed by atoms with Crippen LogP contribution in [-0.4, -0.2) is 33.4 Å². The molecule has 1 atom stereocenters. The standard InChI is InChI=1S/C28H31BrN4O3S/c1-6-37-27-31-26-30-20-13-28(3,4)14-21(34)23(20)24(33(26)32-27)18-11-19(29)25(22(12-18)35-5)36-15-17-9-7-16(2)8-10-17/h7-12,24H,6,13-15H2,1-5H3,(H,30,31,32). The number of ether oxygens (including phenoxy) is 2. The number of rotatable bonds is 7. The van der Waals surface area contributed by atoms with E-state index in [1.807, 2.05) is 16.8 Å². The molecular formula is C28H31BrN4O3S. The summed E-state index contributed by atoms with van der Waals surface area (Å²) in [7, 11) is 1.63. The maximum Gasteiger partial charge on any atom is 0.227 e. The summed E-state index contributed by atoms with van der Waals surface area (Å²) < 4.78 is 14.5. The molecule has 1 unspecified atom stereocenters. The number of methoxy groups -OCH3 is 1. The van der Waals surface area contributed by atoms with Gasteiger partial charge in [-0.3, -0.25) is 4.79 Å². The van der Waals surface area contributed by atoms with Gasteiger partial charge < -0.3 is 14.8 Å².